The number of nitrogens with zero attached hydrogens (tertiary/aromatic N) is 3. The fourth-order valence-electron chi connectivity index (χ4n) is 4.47. The van der Waals surface area contributed by atoms with E-state index in [1.54, 1.807) is 25.4 Å². The standard InChI is InChI=1S/C25H27N3O3S/c1-26-12-14-27(15-13-26)17-20-18-28(24-11-10-21(31-2)16-23(20)24)32(29,30)25-9-5-7-19-6-3-4-8-22(19)25/h3-11,16,18H,12-15,17H2,1-2H3. The maximum absolute atomic E-state index is 13.9. The van der Waals surface area contributed by atoms with Crippen LogP contribution < -0.4 is 4.74 Å². The Bertz CT molecular complexity index is 1380. The first kappa shape index (κ1) is 21.0. The highest BCUT2D eigenvalue weighted by Gasteiger charge is 2.25. The number of aromatic nitrogens is 1. The zero-order chi connectivity index (χ0) is 22.3. The summed E-state index contributed by atoms with van der Waals surface area (Å²) in [5, 5.41) is 2.54. The summed E-state index contributed by atoms with van der Waals surface area (Å²) in [5.74, 6) is 0.720. The Labute approximate surface area is 188 Å². The number of benzene rings is 3. The normalized spacial score (nSPS) is 16.1. The highest BCUT2D eigenvalue weighted by Crippen LogP contribution is 2.32. The molecule has 0 amide bonds. The van der Waals surface area contributed by atoms with Crippen LogP contribution in [-0.4, -0.2) is 62.5 Å². The topological polar surface area (TPSA) is 54.8 Å². The molecule has 0 bridgehead atoms. The van der Waals surface area contributed by atoms with Crippen LogP contribution in [0.25, 0.3) is 21.7 Å². The van der Waals surface area contributed by atoms with E-state index >= 15 is 0 Å². The smallest absolute Gasteiger partial charge is 0.268 e. The molecule has 0 radical (unpaired) electrons. The number of methoxy groups -OCH3 is 1. The second-order valence-electron chi connectivity index (χ2n) is 8.39. The highest BCUT2D eigenvalue weighted by molar-refractivity contribution is 7.90. The third-order valence-corrected chi connectivity index (χ3v) is 8.07. The van der Waals surface area contributed by atoms with Crippen LogP contribution in [0.1, 0.15) is 5.56 Å². The van der Waals surface area contributed by atoms with Crippen molar-refractivity contribution in [2.75, 3.05) is 40.3 Å². The van der Waals surface area contributed by atoms with E-state index in [9.17, 15) is 8.42 Å². The molecule has 0 aliphatic carbocycles. The van der Waals surface area contributed by atoms with Crippen molar-refractivity contribution in [2.45, 2.75) is 11.4 Å². The zero-order valence-electron chi connectivity index (χ0n) is 18.4. The molecule has 0 atom stereocenters. The Kier molecular flexibility index (Phi) is 5.41. The van der Waals surface area contributed by atoms with Gasteiger partial charge in [0, 0.05) is 49.7 Å². The van der Waals surface area contributed by atoms with Crippen molar-refractivity contribution >= 4 is 31.7 Å². The molecule has 5 rings (SSSR count). The van der Waals surface area contributed by atoms with E-state index in [1.807, 2.05) is 48.5 Å². The van der Waals surface area contributed by atoms with Gasteiger partial charge in [-0.15, -0.1) is 0 Å². The largest absolute Gasteiger partial charge is 0.497 e. The van der Waals surface area contributed by atoms with E-state index < -0.39 is 10.0 Å². The van der Waals surface area contributed by atoms with Gasteiger partial charge >= 0.3 is 0 Å². The average molecular weight is 450 g/mol. The fraction of sp³-hybridized carbons (Fsp3) is 0.280. The van der Waals surface area contributed by atoms with Crippen molar-refractivity contribution in [3.63, 3.8) is 0 Å². The molecule has 4 aromatic rings. The average Bonchev–Trinajstić information content (AvgIpc) is 3.18. The molecule has 1 saturated heterocycles. The van der Waals surface area contributed by atoms with E-state index in [1.165, 1.54) is 3.97 Å². The van der Waals surface area contributed by atoms with E-state index in [0.29, 0.717) is 17.0 Å². The Hall–Kier alpha value is -2.87. The van der Waals surface area contributed by atoms with Gasteiger partial charge in [-0.3, -0.25) is 4.90 Å². The van der Waals surface area contributed by atoms with Gasteiger partial charge in [0.05, 0.1) is 17.5 Å². The van der Waals surface area contributed by atoms with E-state index in [-0.39, 0.29) is 0 Å². The lowest BCUT2D eigenvalue weighted by molar-refractivity contribution is 0.148. The summed E-state index contributed by atoms with van der Waals surface area (Å²) in [6.07, 6.45) is 1.79. The van der Waals surface area contributed by atoms with Crippen LogP contribution in [0.3, 0.4) is 0 Å². The van der Waals surface area contributed by atoms with Gasteiger partial charge in [0.25, 0.3) is 10.0 Å². The van der Waals surface area contributed by atoms with Gasteiger partial charge in [0.2, 0.25) is 0 Å². The molecule has 0 N–H and O–H groups in total. The minimum Gasteiger partial charge on any atom is -0.497 e. The van der Waals surface area contributed by atoms with Crippen LogP contribution in [0.4, 0.5) is 0 Å². The summed E-state index contributed by atoms with van der Waals surface area (Å²) in [7, 11) is -0.0315. The zero-order valence-corrected chi connectivity index (χ0v) is 19.2. The van der Waals surface area contributed by atoms with Crippen LogP contribution >= 0.6 is 0 Å². The van der Waals surface area contributed by atoms with Gasteiger partial charge in [0.15, 0.2) is 0 Å². The van der Waals surface area contributed by atoms with Gasteiger partial charge in [-0.25, -0.2) is 12.4 Å². The fourth-order valence-corrected chi connectivity index (χ4v) is 6.08. The number of likely N-dealkylation sites (N-methyl/N-ethyl adjacent to an activating group) is 1. The maximum Gasteiger partial charge on any atom is 0.268 e. The first-order chi connectivity index (χ1) is 15.5. The molecule has 1 fully saturated rings. The molecule has 3 aromatic carbocycles. The van der Waals surface area contributed by atoms with Crippen LogP contribution in [0.5, 0.6) is 5.75 Å². The van der Waals surface area contributed by atoms with Crippen LogP contribution in [0, 0.1) is 0 Å². The summed E-state index contributed by atoms with van der Waals surface area (Å²) < 4.78 is 34.6. The van der Waals surface area contributed by atoms with Crippen molar-refractivity contribution in [1.82, 2.24) is 13.8 Å². The molecular weight excluding hydrogens is 422 g/mol. The monoisotopic (exact) mass is 449 g/mol. The van der Waals surface area contributed by atoms with Gasteiger partial charge in [-0.2, -0.15) is 0 Å². The molecule has 6 nitrogen and oxygen atoms in total. The summed E-state index contributed by atoms with van der Waals surface area (Å²) in [6, 6.07) is 18.6. The lowest BCUT2D eigenvalue weighted by Gasteiger charge is -2.32. The lowest BCUT2D eigenvalue weighted by Crippen LogP contribution is -2.43. The minimum atomic E-state index is -3.79. The second-order valence-corrected chi connectivity index (χ2v) is 10.2. The molecule has 0 spiro atoms. The Morgan fingerprint density at radius 3 is 2.44 bits per heavy atom. The van der Waals surface area contributed by atoms with Crippen molar-refractivity contribution in [1.29, 1.82) is 0 Å². The van der Waals surface area contributed by atoms with E-state index in [4.69, 9.17) is 4.74 Å². The van der Waals surface area contributed by atoms with Crippen molar-refractivity contribution in [3.8, 4) is 5.75 Å². The molecule has 2 heterocycles. The summed E-state index contributed by atoms with van der Waals surface area (Å²) in [4.78, 5) is 5.01. The Balaban J connectivity index is 1.65. The summed E-state index contributed by atoms with van der Waals surface area (Å²) in [5.41, 5.74) is 1.66. The third-order valence-electron chi connectivity index (χ3n) is 6.34. The van der Waals surface area contributed by atoms with Crippen molar-refractivity contribution in [3.05, 3.63) is 72.4 Å². The van der Waals surface area contributed by atoms with Crippen LogP contribution in [-0.2, 0) is 16.6 Å². The molecule has 7 heteroatoms. The van der Waals surface area contributed by atoms with E-state index in [2.05, 4.69) is 16.8 Å². The molecule has 1 aromatic heterocycles. The quantitative estimate of drug-likeness (QED) is 0.464. The number of ether oxygens (including phenoxy) is 1. The molecule has 1 aliphatic rings. The molecule has 166 valence electrons. The predicted octanol–water partition coefficient (Wildman–Crippen LogP) is 3.79. The number of hydrogen-bond donors (Lipinski definition) is 0. The molecule has 0 saturated carbocycles. The first-order valence-corrected chi connectivity index (χ1v) is 12.2. The number of piperazine rings is 1. The number of fused-ring (bicyclic) bond motifs is 2. The van der Waals surface area contributed by atoms with Crippen LogP contribution in [0.15, 0.2) is 71.8 Å². The van der Waals surface area contributed by atoms with Crippen molar-refractivity contribution in [2.24, 2.45) is 0 Å². The van der Waals surface area contributed by atoms with Gasteiger partial charge in [-0.1, -0.05) is 36.4 Å². The van der Waals surface area contributed by atoms with Crippen molar-refractivity contribution < 1.29 is 13.2 Å². The maximum atomic E-state index is 13.9. The summed E-state index contributed by atoms with van der Waals surface area (Å²) >= 11 is 0. The number of rotatable bonds is 5. The molecule has 32 heavy (non-hydrogen) atoms. The van der Waals surface area contributed by atoms with Gasteiger partial charge < -0.3 is 9.64 Å². The SMILES string of the molecule is COc1ccc2c(c1)c(CN1CCN(C)CC1)cn2S(=O)(=O)c1cccc2ccccc12. The van der Waals surface area contributed by atoms with Crippen LogP contribution in [0.2, 0.25) is 0 Å². The summed E-state index contributed by atoms with van der Waals surface area (Å²) in [6.45, 7) is 4.65. The molecule has 1 aliphatic heterocycles. The van der Waals surface area contributed by atoms with E-state index in [0.717, 1.165) is 53.7 Å². The van der Waals surface area contributed by atoms with Gasteiger partial charge in [-0.05, 0) is 42.3 Å². The molecule has 0 unspecified atom stereocenters. The third kappa shape index (κ3) is 3.66. The first-order valence-electron chi connectivity index (χ1n) is 10.8. The molecular formula is C25H27N3O3S. The highest BCUT2D eigenvalue weighted by atomic mass is 32.2. The lowest BCUT2D eigenvalue weighted by atomic mass is 10.1. The second kappa shape index (κ2) is 8.24. The van der Waals surface area contributed by atoms with Gasteiger partial charge in [0.1, 0.15) is 5.75 Å². The Morgan fingerprint density at radius 1 is 0.906 bits per heavy atom. The Morgan fingerprint density at radius 2 is 1.66 bits per heavy atom. The minimum absolute atomic E-state index is 0.314. The predicted molar refractivity (Wildman–Crippen MR) is 128 cm³/mol. The number of hydrogen-bond acceptors (Lipinski definition) is 5.